The number of aromatic amines is 1. The number of aliphatic carboxylic acids is 2. The number of carbonyl (C=O) groups is 5. The fraction of sp³-hybridized carbons (Fsp3) is 0.567. The van der Waals surface area contributed by atoms with Gasteiger partial charge < -0.3 is 60.6 Å². The number of aliphatic hydroxyl groups is 1. The van der Waals surface area contributed by atoms with Crippen LogP contribution in [0.5, 0.6) is 0 Å². The Morgan fingerprint density at radius 1 is 1.05 bits per heavy atom. The summed E-state index contributed by atoms with van der Waals surface area (Å²) in [5.41, 5.74) is 5.25. The summed E-state index contributed by atoms with van der Waals surface area (Å²) >= 11 is 0. The number of rotatable bonds is 24. The Hall–Kier alpha value is -3.64. The van der Waals surface area contributed by atoms with E-state index in [0.29, 0.717) is 12.2 Å². The Balaban J connectivity index is 1.60. The van der Waals surface area contributed by atoms with Gasteiger partial charge in [-0.25, -0.2) is 13.7 Å². The average molecular weight is 965 g/mol. The maximum Gasteiger partial charge on any atom is 0.490 e. The van der Waals surface area contributed by atoms with Crippen molar-refractivity contribution in [1.82, 2.24) is 25.2 Å². The first-order valence-electron chi connectivity index (χ1n) is 17.5. The number of nitrogens with two attached hydrogens (primary N) is 1. The highest BCUT2D eigenvalue weighted by molar-refractivity contribution is 8.76. The number of carboxylic acids is 2. The lowest BCUT2D eigenvalue weighted by Gasteiger charge is -2.21. The lowest BCUT2D eigenvalue weighted by Crippen LogP contribution is -2.44. The first-order chi connectivity index (χ1) is 28.3. The lowest BCUT2D eigenvalue weighted by molar-refractivity contribution is -0.143. The largest absolute Gasteiger partial charge is 0.490 e. The molecule has 26 nitrogen and oxygen atoms in total. The van der Waals surface area contributed by atoms with Crippen molar-refractivity contribution >= 4 is 91.6 Å². The van der Waals surface area contributed by atoms with E-state index in [1.807, 2.05) is 0 Å². The van der Waals surface area contributed by atoms with Gasteiger partial charge in [-0.3, -0.25) is 38.3 Å². The van der Waals surface area contributed by atoms with Crippen LogP contribution in [0.3, 0.4) is 0 Å². The molecule has 1 saturated heterocycles. The molecule has 8 atom stereocenters. The van der Waals surface area contributed by atoms with E-state index in [4.69, 9.17) is 25.4 Å². The summed E-state index contributed by atoms with van der Waals surface area (Å²) in [5, 5.41) is 33.7. The number of phosphoric ester groups is 1. The molecular weight excluding hydrogens is 921 g/mol. The zero-order chi connectivity index (χ0) is 45.9. The van der Waals surface area contributed by atoms with Gasteiger partial charge in [0.15, 0.2) is 11.4 Å². The molecule has 8 unspecified atom stereocenters. The standard InChI is InChI=1S/C30H43N6O20P3S2/c1-15(9-24(40)41)32-28(44)18(11-25(42)43)10-20(38)19(33-16(2)37)6-4-8-61-60-7-3-5-17-13-36(27-26(17)29(45)35-30(31)34-27)23-12-21(39)22(54-23)14-53-58(49,50)56-59(51,52)55-57(46,47)48/h13,15,18-19,21-23,39H,4,6-12,14H2,1-2H3,(H,32,44)(H,33,37)(H,40,41)(H,42,43)(H,49,50)(H,51,52)(H2,46,47,48)(H3,31,34,35,45). The number of anilines is 1. The molecule has 0 bridgehead atoms. The van der Waals surface area contributed by atoms with E-state index in [2.05, 4.69) is 45.6 Å². The number of carboxylic acid groups (broad SMARTS) is 2. The fourth-order valence-electron chi connectivity index (χ4n) is 5.69. The van der Waals surface area contributed by atoms with Crippen LogP contribution in [0.1, 0.15) is 64.2 Å². The number of hydrogen-bond acceptors (Lipinski definition) is 18. The van der Waals surface area contributed by atoms with E-state index in [9.17, 15) is 62.5 Å². The van der Waals surface area contributed by atoms with E-state index in [1.165, 1.54) is 46.2 Å². The van der Waals surface area contributed by atoms with Crippen molar-refractivity contribution in [3.63, 3.8) is 0 Å². The molecule has 12 N–H and O–H groups in total. The second-order valence-corrected chi connectivity index (χ2v) is 20.2. The molecule has 0 aliphatic carbocycles. The number of nitrogen functional groups attached to an aromatic ring is 1. The molecule has 1 fully saturated rings. The van der Waals surface area contributed by atoms with Crippen LogP contribution in [0.4, 0.5) is 5.95 Å². The molecule has 2 amide bonds. The number of fused-ring (bicyclic) bond motifs is 1. The summed E-state index contributed by atoms with van der Waals surface area (Å²) in [6.45, 7) is 1.67. The molecular formula is C30H43N6O20P3S2. The van der Waals surface area contributed by atoms with E-state index < -0.39 is 121 Å². The number of ether oxygens (including phenoxy) is 1. The average Bonchev–Trinajstić information content (AvgIpc) is 3.64. The predicted molar refractivity (Wildman–Crippen MR) is 213 cm³/mol. The van der Waals surface area contributed by atoms with E-state index in [1.54, 1.807) is 0 Å². The van der Waals surface area contributed by atoms with Gasteiger partial charge in [-0.1, -0.05) is 33.4 Å². The van der Waals surface area contributed by atoms with Gasteiger partial charge >= 0.3 is 35.4 Å². The number of nitrogens with one attached hydrogen (secondary N) is 3. The molecule has 3 heterocycles. The number of phosphoric acid groups is 3. The van der Waals surface area contributed by atoms with Crippen LogP contribution in [0.25, 0.3) is 11.0 Å². The van der Waals surface area contributed by atoms with Crippen LogP contribution in [0, 0.1) is 17.8 Å². The summed E-state index contributed by atoms with van der Waals surface area (Å²) < 4.78 is 53.6. The Kier molecular flexibility index (Phi) is 19.2. The van der Waals surface area contributed by atoms with E-state index in [-0.39, 0.29) is 41.1 Å². The summed E-state index contributed by atoms with van der Waals surface area (Å²) in [4.78, 5) is 116. The highest BCUT2D eigenvalue weighted by Crippen LogP contribution is 2.66. The zero-order valence-electron chi connectivity index (χ0n) is 32.0. The summed E-state index contributed by atoms with van der Waals surface area (Å²) in [6, 6.07) is -1.85. The number of carbonyl (C=O) groups excluding carboxylic acids is 3. The third-order valence-corrected chi connectivity index (χ3v) is 14.1. The number of nitrogens with zero attached hydrogens (tertiary/aromatic N) is 2. The normalized spacial score (nSPS) is 20.0. The molecule has 31 heteroatoms. The molecule has 61 heavy (non-hydrogen) atoms. The smallest absolute Gasteiger partial charge is 0.481 e. The minimum Gasteiger partial charge on any atom is -0.481 e. The van der Waals surface area contributed by atoms with Gasteiger partial charge in [0.25, 0.3) is 5.56 Å². The van der Waals surface area contributed by atoms with Crippen molar-refractivity contribution in [3.8, 4) is 11.8 Å². The molecule has 340 valence electrons. The van der Waals surface area contributed by atoms with Gasteiger partial charge in [0, 0.05) is 37.8 Å². The van der Waals surface area contributed by atoms with Gasteiger partial charge in [0.2, 0.25) is 17.8 Å². The summed E-state index contributed by atoms with van der Waals surface area (Å²) in [6.07, 6.45) is -3.76. The molecule has 0 spiro atoms. The second kappa shape index (κ2) is 22.6. The van der Waals surface area contributed by atoms with Gasteiger partial charge in [-0.2, -0.15) is 13.6 Å². The Bertz CT molecular complexity index is 2220. The van der Waals surface area contributed by atoms with Crippen molar-refractivity contribution in [2.45, 2.75) is 82.9 Å². The first kappa shape index (κ1) is 51.7. The number of amides is 2. The number of Topliss-reactive ketones (excluding diaryl/α,β-unsaturated/α-hetero) is 1. The monoisotopic (exact) mass is 964 g/mol. The third kappa shape index (κ3) is 17.6. The van der Waals surface area contributed by atoms with Gasteiger partial charge in [0.1, 0.15) is 12.3 Å². The minimum atomic E-state index is -5.79. The molecule has 3 rings (SSSR count). The molecule has 0 radical (unpaired) electrons. The number of H-pyrrole nitrogens is 1. The van der Waals surface area contributed by atoms with Crippen LogP contribution in [-0.4, -0.2) is 121 Å². The second-order valence-electron chi connectivity index (χ2n) is 13.2. The van der Waals surface area contributed by atoms with Crippen molar-refractivity contribution in [1.29, 1.82) is 0 Å². The zero-order valence-corrected chi connectivity index (χ0v) is 36.3. The van der Waals surface area contributed by atoms with E-state index >= 15 is 0 Å². The van der Waals surface area contributed by atoms with Crippen LogP contribution < -0.4 is 21.9 Å². The maximum absolute atomic E-state index is 13.1. The van der Waals surface area contributed by atoms with Crippen molar-refractivity contribution in [2.75, 3.05) is 23.8 Å². The highest BCUT2D eigenvalue weighted by atomic mass is 33.1. The first-order valence-corrected chi connectivity index (χ1v) is 24.6. The Morgan fingerprint density at radius 3 is 2.34 bits per heavy atom. The quantitative estimate of drug-likeness (QED) is 0.0292. The number of hydrogen-bond donors (Lipinski definition) is 11. The molecule has 1 aliphatic rings. The number of ketones is 1. The van der Waals surface area contributed by atoms with Crippen molar-refractivity contribution in [3.05, 3.63) is 22.1 Å². The molecule has 2 aromatic rings. The van der Waals surface area contributed by atoms with Crippen molar-refractivity contribution < 1.29 is 90.4 Å². The minimum absolute atomic E-state index is 0.000633. The highest BCUT2D eigenvalue weighted by Gasteiger charge is 2.43. The Morgan fingerprint density at radius 2 is 1.72 bits per heavy atom. The predicted octanol–water partition coefficient (Wildman–Crippen LogP) is 0.346. The topological polar surface area (TPSA) is 416 Å². The van der Waals surface area contributed by atoms with Crippen LogP contribution in [-0.2, 0) is 55.5 Å². The van der Waals surface area contributed by atoms with Crippen LogP contribution >= 0.6 is 45.1 Å². The van der Waals surface area contributed by atoms with Crippen molar-refractivity contribution in [2.24, 2.45) is 5.92 Å². The van der Waals surface area contributed by atoms with Gasteiger partial charge in [-0.15, -0.1) is 0 Å². The number of aliphatic hydroxyl groups excluding tert-OH is 1. The lowest BCUT2D eigenvalue weighted by atomic mass is 9.92. The van der Waals surface area contributed by atoms with Crippen LogP contribution in [0.15, 0.2) is 11.0 Å². The van der Waals surface area contributed by atoms with Gasteiger partial charge in [-0.05, 0) is 19.8 Å². The number of aromatic nitrogens is 3. The molecule has 0 aromatic carbocycles. The maximum atomic E-state index is 13.1. The molecule has 1 aliphatic heterocycles. The summed E-state index contributed by atoms with van der Waals surface area (Å²) in [5.74, 6) is 0.425. The molecule has 0 saturated carbocycles. The van der Waals surface area contributed by atoms with Gasteiger partial charge in [0.05, 0.1) is 54.2 Å². The fourth-order valence-corrected chi connectivity index (χ4v) is 10.5. The molecule has 2 aromatic heterocycles. The van der Waals surface area contributed by atoms with E-state index in [0.717, 1.165) is 0 Å². The van der Waals surface area contributed by atoms with Crippen LogP contribution in [0.2, 0.25) is 0 Å². The SMILES string of the molecule is CC(=O)NC(CCCSSCC#Cc1cn(C2CC(O)C(COP(=O)(O)OP(=O)(O)OP(=O)(O)O)O2)c2nc(N)[nH]c(=O)c12)C(=O)CC(CC(=O)O)C(=O)NC(C)CC(=O)O. The Labute approximate surface area is 352 Å². The third-order valence-electron chi connectivity index (χ3n) is 8.07. The summed E-state index contributed by atoms with van der Waals surface area (Å²) in [7, 11) is -14.3.